The molecule has 0 aliphatic carbocycles. The third-order valence-electron chi connectivity index (χ3n) is 3.16. The smallest absolute Gasteiger partial charge is 0.227 e. The van der Waals surface area contributed by atoms with Crippen molar-refractivity contribution >= 4 is 23.4 Å². The molecule has 0 amide bonds. The van der Waals surface area contributed by atoms with Crippen molar-refractivity contribution < 1.29 is 8.91 Å². The van der Waals surface area contributed by atoms with Crippen LogP contribution in [0.5, 0.6) is 0 Å². The molecule has 3 N–H and O–H groups in total. The van der Waals surface area contributed by atoms with Crippen LogP contribution in [-0.4, -0.2) is 26.7 Å². The number of benzene rings is 1. The van der Waals surface area contributed by atoms with Crippen LogP contribution in [0.25, 0.3) is 11.4 Å². The number of hydrogen-bond donors (Lipinski definition) is 2. The molecule has 9 heteroatoms. The second-order valence-electron chi connectivity index (χ2n) is 4.98. The average Bonchev–Trinajstić information content (AvgIpc) is 3.00. The van der Waals surface area contributed by atoms with E-state index in [1.807, 2.05) is 0 Å². The lowest BCUT2D eigenvalue weighted by Gasteiger charge is -2.05. The van der Waals surface area contributed by atoms with Gasteiger partial charge < -0.3 is 15.6 Å². The number of aryl methyl sites for hydroxylation is 1. The van der Waals surface area contributed by atoms with Crippen LogP contribution in [0.4, 0.5) is 16.2 Å². The third-order valence-corrected chi connectivity index (χ3v) is 3.35. The van der Waals surface area contributed by atoms with E-state index in [9.17, 15) is 4.39 Å². The maximum Gasteiger partial charge on any atom is 0.227 e. The predicted molar refractivity (Wildman–Crippen MR) is 88.0 cm³/mol. The fraction of sp³-hybridized carbons (Fsp3) is 0.200. The number of nitrogens with zero attached hydrogens (tertiary/aromatic N) is 4. The van der Waals surface area contributed by atoms with E-state index in [4.69, 9.17) is 21.9 Å². The van der Waals surface area contributed by atoms with Gasteiger partial charge in [-0.2, -0.15) is 9.97 Å². The van der Waals surface area contributed by atoms with Crippen molar-refractivity contribution in [3.05, 3.63) is 47.2 Å². The van der Waals surface area contributed by atoms with Crippen molar-refractivity contribution in [1.29, 1.82) is 0 Å². The van der Waals surface area contributed by atoms with Crippen molar-refractivity contribution in [2.24, 2.45) is 0 Å². The molecule has 7 nitrogen and oxygen atoms in total. The first-order chi connectivity index (χ1) is 11.6. The van der Waals surface area contributed by atoms with Gasteiger partial charge in [-0.1, -0.05) is 16.8 Å². The first-order valence-corrected chi connectivity index (χ1v) is 7.60. The minimum absolute atomic E-state index is 0.117. The summed E-state index contributed by atoms with van der Waals surface area (Å²) in [4.78, 5) is 12.1. The zero-order chi connectivity index (χ0) is 16.9. The lowest BCUT2D eigenvalue weighted by Crippen LogP contribution is -2.06. The van der Waals surface area contributed by atoms with Gasteiger partial charge in [-0.25, -0.2) is 9.37 Å². The molecule has 0 aliphatic rings. The predicted octanol–water partition coefficient (Wildman–Crippen LogP) is 2.95. The summed E-state index contributed by atoms with van der Waals surface area (Å²) in [6.07, 6.45) is 1.34. The molecule has 24 heavy (non-hydrogen) atoms. The molecule has 0 unspecified atom stereocenters. The molecule has 0 radical (unpaired) electrons. The summed E-state index contributed by atoms with van der Waals surface area (Å²) in [5.41, 5.74) is 6.22. The lowest BCUT2D eigenvalue weighted by molar-refractivity contribution is 0.377. The minimum Gasteiger partial charge on any atom is -0.370 e. The highest BCUT2D eigenvalue weighted by molar-refractivity contribution is 6.29. The maximum atomic E-state index is 12.9. The van der Waals surface area contributed by atoms with Gasteiger partial charge in [-0.3, -0.25) is 0 Å². The minimum atomic E-state index is -0.306. The Morgan fingerprint density at radius 1 is 1.17 bits per heavy atom. The fourth-order valence-corrected chi connectivity index (χ4v) is 2.24. The number of nitrogens with two attached hydrogens (primary N) is 1. The van der Waals surface area contributed by atoms with E-state index in [2.05, 4.69) is 25.4 Å². The van der Waals surface area contributed by atoms with E-state index < -0.39 is 0 Å². The molecule has 0 fully saturated rings. The van der Waals surface area contributed by atoms with E-state index in [-0.39, 0.29) is 16.9 Å². The molecule has 2 aromatic heterocycles. The molecule has 1 aromatic carbocycles. The Balaban J connectivity index is 1.51. The second kappa shape index (κ2) is 7.22. The highest BCUT2D eigenvalue weighted by Gasteiger charge is 2.08. The standard InChI is InChI=1S/C15H14ClFN6O/c16-11-8-12(21-15(18)20-11)19-7-1-2-13-22-14(23-24-13)9-3-5-10(17)6-4-9/h3-6,8H,1-2,7H2,(H3,18,19,20,21). The molecular weight excluding hydrogens is 335 g/mol. The fourth-order valence-electron chi connectivity index (χ4n) is 2.05. The van der Waals surface area contributed by atoms with Crippen LogP contribution < -0.4 is 11.1 Å². The Bertz CT molecular complexity index is 803. The quantitative estimate of drug-likeness (QED) is 0.521. The summed E-state index contributed by atoms with van der Waals surface area (Å²) < 4.78 is 18.1. The summed E-state index contributed by atoms with van der Waals surface area (Å²) in [5, 5.41) is 7.27. The molecule has 0 saturated heterocycles. The van der Waals surface area contributed by atoms with Crippen LogP contribution >= 0.6 is 11.6 Å². The van der Waals surface area contributed by atoms with E-state index >= 15 is 0 Å². The number of rotatable bonds is 6. The van der Waals surface area contributed by atoms with Gasteiger partial charge in [0.05, 0.1) is 0 Å². The van der Waals surface area contributed by atoms with Gasteiger partial charge in [0, 0.05) is 24.6 Å². The molecule has 124 valence electrons. The molecule has 0 bridgehead atoms. The van der Waals surface area contributed by atoms with Gasteiger partial charge in [-0.15, -0.1) is 0 Å². The van der Waals surface area contributed by atoms with Crippen LogP contribution in [0.2, 0.25) is 5.15 Å². The molecule has 3 rings (SSSR count). The number of nitrogens with one attached hydrogen (secondary N) is 1. The van der Waals surface area contributed by atoms with Crippen molar-refractivity contribution in [3.63, 3.8) is 0 Å². The average molecular weight is 349 g/mol. The normalized spacial score (nSPS) is 10.8. The van der Waals surface area contributed by atoms with Crippen LogP contribution in [-0.2, 0) is 6.42 Å². The monoisotopic (exact) mass is 348 g/mol. The van der Waals surface area contributed by atoms with Crippen LogP contribution in [0.3, 0.4) is 0 Å². The molecule has 0 saturated carbocycles. The molecule has 0 spiro atoms. The topological polar surface area (TPSA) is 103 Å². The highest BCUT2D eigenvalue weighted by atomic mass is 35.5. The van der Waals surface area contributed by atoms with Crippen LogP contribution in [0.15, 0.2) is 34.9 Å². The van der Waals surface area contributed by atoms with Crippen LogP contribution in [0, 0.1) is 5.82 Å². The highest BCUT2D eigenvalue weighted by Crippen LogP contribution is 2.17. The van der Waals surface area contributed by atoms with Gasteiger partial charge in [-0.05, 0) is 30.7 Å². The van der Waals surface area contributed by atoms with E-state index in [0.717, 1.165) is 6.42 Å². The van der Waals surface area contributed by atoms with Gasteiger partial charge in [0.1, 0.15) is 16.8 Å². The number of aromatic nitrogens is 4. The zero-order valence-corrected chi connectivity index (χ0v) is 13.3. The van der Waals surface area contributed by atoms with Crippen molar-refractivity contribution in [3.8, 4) is 11.4 Å². The Hall–Kier alpha value is -2.74. The van der Waals surface area contributed by atoms with Gasteiger partial charge in [0.25, 0.3) is 0 Å². The van der Waals surface area contributed by atoms with Gasteiger partial charge >= 0.3 is 0 Å². The lowest BCUT2D eigenvalue weighted by atomic mass is 10.2. The summed E-state index contributed by atoms with van der Waals surface area (Å²) in [7, 11) is 0. The number of nitrogen functional groups attached to an aromatic ring is 1. The Kier molecular flexibility index (Phi) is 4.85. The molecule has 3 aromatic rings. The van der Waals surface area contributed by atoms with Crippen LogP contribution in [0.1, 0.15) is 12.3 Å². The molecule has 2 heterocycles. The van der Waals surface area contributed by atoms with E-state index in [1.165, 1.54) is 12.1 Å². The van der Waals surface area contributed by atoms with Crippen molar-refractivity contribution in [1.82, 2.24) is 20.1 Å². The zero-order valence-electron chi connectivity index (χ0n) is 12.5. The Morgan fingerprint density at radius 3 is 2.71 bits per heavy atom. The van der Waals surface area contributed by atoms with Crippen molar-refractivity contribution in [2.75, 3.05) is 17.6 Å². The summed E-state index contributed by atoms with van der Waals surface area (Å²) >= 11 is 5.80. The maximum absolute atomic E-state index is 12.9. The first kappa shape index (κ1) is 16.1. The first-order valence-electron chi connectivity index (χ1n) is 7.22. The van der Waals surface area contributed by atoms with Crippen molar-refractivity contribution in [2.45, 2.75) is 12.8 Å². The number of hydrogen-bond acceptors (Lipinski definition) is 7. The second-order valence-corrected chi connectivity index (χ2v) is 5.37. The SMILES string of the molecule is Nc1nc(Cl)cc(NCCCc2nc(-c3ccc(F)cc3)no2)n1. The Labute approximate surface area is 142 Å². The molecular formula is C15H14ClFN6O. The van der Waals surface area contributed by atoms with Gasteiger partial charge in [0.2, 0.25) is 17.7 Å². The van der Waals surface area contributed by atoms with Gasteiger partial charge in [0.15, 0.2) is 0 Å². The van der Waals surface area contributed by atoms with E-state index in [1.54, 1.807) is 18.2 Å². The summed E-state index contributed by atoms with van der Waals surface area (Å²) in [5.74, 6) is 1.32. The Morgan fingerprint density at radius 2 is 1.96 bits per heavy atom. The number of halogens is 2. The third kappa shape index (κ3) is 4.17. The molecule has 0 atom stereocenters. The summed E-state index contributed by atoms with van der Waals surface area (Å²) in [6.45, 7) is 0.626. The summed E-state index contributed by atoms with van der Waals surface area (Å²) in [6, 6.07) is 7.52. The largest absolute Gasteiger partial charge is 0.370 e. The number of anilines is 2. The molecule has 0 aliphatic heterocycles. The van der Waals surface area contributed by atoms with E-state index in [0.29, 0.717) is 36.1 Å².